The molecule has 2 heterocycles. The molecule has 6 heteroatoms. The summed E-state index contributed by atoms with van der Waals surface area (Å²) >= 11 is 0. The molecule has 2 amide bonds. The van der Waals surface area contributed by atoms with Crippen molar-refractivity contribution >= 4 is 6.03 Å². The van der Waals surface area contributed by atoms with E-state index >= 15 is 0 Å². The molecule has 1 aromatic heterocycles. The number of furan rings is 1. The second kappa shape index (κ2) is 8.67. The predicted octanol–water partition coefficient (Wildman–Crippen LogP) is 3.10. The molecule has 1 aliphatic rings. The minimum absolute atomic E-state index is 0.0698. The first-order chi connectivity index (χ1) is 12.2. The van der Waals surface area contributed by atoms with E-state index in [0.717, 1.165) is 24.4 Å². The average Bonchev–Trinajstić information content (AvgIpc) is 3.31. The van der Waals surface area contributed by atoms with Gasteiger partial charge in [-0.2, -0.15) is 0 Å². The normalized spacial score (nSPS) is 15.9. The van der Waals surface area contributed by atoms with E-state index in [-0.39, 0.29) is 17.9 Å². The van der Waals surface area contributed by atoms with E-state index in [2.05, 4.69) is 15.5 Å². The van der Waals surface area contributed by atoms with Gasteiger partial charge in [-0.25, -0.2) is 9.18 Å². The first-order valence-corrected chi connectivity index (χ1v) is 8.76. The molecule has 0 spiro atoms. The maximum absolute atomic E-state index is 12.9. The Morgan fingerprint density at radius 2 is 1.92 bits per heavy atom. The van der Waals surface area contributed by atoms with E-state index in [9.17, 15) is 9.18 Å². The van der Waals surface area contributed by atoms with Gasteiger partial charge < -0.3 is 15.1 Å². The fourth-order valence-electron chi connectivity index (χ4n) is 3.17. The van der Waals surface area contributed by atoms with Crippen molar-refractivity contribution in [2.75, 3.05) is 26.2 Å². The summed E-state index contributed by atoms with van der Waals surface area (Å²) in [6.07, 6.45) is 4.70. The number of nitrogens with one attached hydrogen (secondary N) is 2. The largest absolute Gasteiger partial charge is 0.468 e. The lowest BCUT2D eigenvalue weighted by Crippen LogP contribution is -2.42. The van der Waals surface area contributed by atoms with Crippen molar-refractivity contribution < 1.29 is 13.6 Å². The highest BCUT2D eigenvalue weighted by Gasteiger charge is 2.25. The Kier molecular flexibility index (Phi) is 6.06. The fraction of sp³-hybridized carbons (Fsp3) is 0.421. The SMILES string of the molecule is O=C(NCCc1ccc(F)cc1)NCC(c1ccco1)N1CCCC1. The van der Waals surface area contributed by atoms with E-state index in [1.54, 1.807) is 18.4 Å². The zero-order valence-corrected chi connectivity index (χ0v) is 14.2. The zero-order chi connectivity index (χ0) is 17.5. The summed E-state index contributed by atoms with van der Waals surface area (Å²) in [5, 5.41) is 5.78. The van der Waals surface area contributed by atoms with Crippen LogP contribution in [-0.2, 0) is 6.42 Å². The second-order valence-corrected chi connectivity index (χ2v) is 6.29. The molecule has 0 bridgehead atoms. The van der Waals surface area contributed by atoms with Crippen LogP contribution in [0.15, 0.2) is 47.1 Å². The smallest absolute Gasteiger partial charge is 0.314 e. The van der Waals surface area contributed by atoms with E-state index in [1.165, 1.54) is 25.0 Å². The maximum Gasteiger partial charge on any atom is 0.314 e. The minimum atomic E-state index is -0.250. The van der Waals surface area contributed by atoms with Gasteiger partial charge in [0.1, 0.15) is 11.6 Å². The summed E-state index contributed by atoms with van der Waals surface area (Å²) in [6, 6.07) is 10.0. The number of hydrogen-bond donors (Lipinski definition) is 2. The van der Waals surface area contributed by atoms with E-state index < -0.39 is 0 Å². The van der Waals surface area contributed by atoms with Crippen molar-refractivity contribution in [3.8, 4) is 0 Å². The van der Waals surface area contributed by atoms with Gasteiger partial charge in [-0.1, -0.05) is 12.1 Å². The van der Waals surface area contributed by atoms with Crippen LogP contribution in [-0.4, -0.2) is 37.1 Å². The molecule has 1 fully saturated rings. The van der Waals surface area contributed by atoms with E-state index in [0.29, 0.717) is 19.5 Å². The van der Waals surface area contributed by atoms with Crippen molar-refractivity contribution in [1.29, 1.82) is 0 Å². The molecule has 0 aliphatic carbocycles. The molecule has 3 rings (SSSR count). The summed E-state index contributed by atoms with van der Waals surface area (Å²) in [5.41, 5.74) is 0.993. The number of nitrogens with zero attached hydrogens (tertiary/aromatic N) is 1. The van der Waals surface area contributed by atoms with Gasteiger partial charge in [0.15, 0.2) is 0 Å². The van der Waals surface area contributed by atoms with Crippen LogP contribution in [0, 0.1) is 5.82 Å². The van der Waals surface area contributed by atoms with E-state index in [4.69, 9.17) is 4.42 Å². The highest BCUT2D eigenvalue weighted by molar-refractivity contribution is 5.73. The van der Waals surface area contributed by atoms with Gasteiger partial charge in [-0.15, -0.1) is 0 Å². The molecule has 2 N–H and O–H groups in total. The van der Waals surface area contributed by atoms with Crippen LogP contribution >= 0.6 is 0 Å². The number of hydrogen-bond acceptors (Lipinski definition) is 3. The highest BCUT2D eigenvalue weighted by Crippen LogP contribution is 2.24. The molecule has 1 aliphatic heterocycles. The van der Waals surface area contributed by atoms with Crippen LogP contribution < -0.4 is 10.6 Å². The number of amides is 2. The van der Waals surface area contributed by atoms with Crippen molar-refractivity contribution in [1.82, 2.24) is 15.5 Å². The lowest BCUT2D eigenvalue weighted by Gasteiger charge is -2.26. The molecule has 1 unspecified atom stereocenters. The first kappa shape index (κ1) is 17.5. The number of likely N-dealkylation sites (tertiary alicyclic amines) is 1. The van der Waals surface area contributed by atoms with Gasteiger partial charge in [-0.05, 0) is 62.2 Å². The Labute approximate surface area is 147 Å². The summed E-state index contributed by atoms with van der Waals surface area (Å²) in [6.45, 7) is 3.07. The average molecular weight is 345 g/mol. The van der Waals surface area contributed by atoms with Crippen molar-refractivity contribution in [2.45, 2.75) is 25.3 Å². The Morgan fingerprint density at radius 3 is 2.60 bits per heavy atom. The minimum Gasteiger partial charge on any atom is -0.468 e. The Balaban J connectivity index is 1.44. The third-order valence-corrected chi connectivity index (χ3v) is 4.52. The number of rotatable bonds is 7. The monoisotopic (exact) mass is 345 g/mol. The van der Waals surface area contributed by atoms with Crippen molar-refractivity contribution in [3.63, 3.8) is 0 Å². The number of carbonyl (C=O) groups excluding carboxylic acids is 1. The molecule has 0 saturated carbocycles. The van der Waals surface area contributed by atoms with Gasteiger partial charge in [0.05, 0.1) is 12.3 Å². The molecule has 25 heavy (non-hydrogen) atoms. The van der Waals surface area contributed by atoms with Gasteiger partial charge >= 0.3 is 6.03 Å². The molecule has 0 radical (unpaired) electrons. The number of urea groups is 1. The van der Waals surface area contributed by atoms with Crippen LogP contribution in [0.2, 0.25) is 0 Å². The quantitative estimate of drug-likeness (QED) is 0.811. The molecule has 5 nitrogen and oxygen atoms in total. The van der Waals surface area contributed by atoms with Gasteiger partial charge in [-0.3, -0.25) is 4.90 Å². The number of carbonyl (C=O) groups is 1. The van der Waals surface area contributed by atoms with E-state index in [1.807, 2.05) is 12.1 Å². The fourth-order valence-corrected chi connectivity index (χ4v) is 3.17. The number of halogens is 1. The maximum atomic E-state index is 12.9. The first-order valence-electron chi connectivity index (χ1n) is 8.76. The Hall–Kier alpha value is -2.34. The van der Waals surface area contributed by atoms with Gasteiger partial charge in [0, 0.05) is 13.1 Å². The topological polar surface area (TPSA) is 57.5 Å². The van der Waals surface area contributed by atoms with Crippen LogP contribution in [0.4, 0.5) is 9.18 Å². The predicted molar refractivity (Wildman–Crippen MR) is 93.8 cm³/mol. The third-order valence-electron chi connectivity index (χ3n) is 4.52. The molecule has 2 aromatic rings. The van der Waals surface area contributed by atoms with Gasteiger partial charge in [0.25, 0.3) is 0 Å². The standard InChI is InChI=1S/C19H24FN3O2/c20-16-7-5-15(6-8-16)9-10-21-19(24)22-14-17(18-4-3-13-25-18)23-11-1-2-12-23/h3-8,13,17H,1-2,9-12,14H2,(H2,21,22,24). The lowest BCUT2D eigenvalue weighted by molar-refractivity contribution is 0.203. The van der Waals surface area contributed by atoms with Crippen LogP contribution in [0.1, 0.15) is 30.2 Å². The summed E-state index contributed by atoms with van der Waals surface area (Å²) < 4.78 is 18.4. The molecular weight excluding hydrogens is 321 g/mol. The highest BCUT2D eigenvalue weighted by atomic mass is 19.1. The van der Waals surface area contributed by atoms with Crippen molar-refractivity contribution in [3.05, 3.63) is 59.8 Å². The zero-order valence-electron chi connectivity index (χ0n) is 14.2. The second-order valence-electron chi connectivity index (χ2n) is 6.29. The number of benzene rings is 1. The Bertz CT molecular complexity index is 652. The van der Waals surface area contributed by atoms with Crippen LogP contribution in [0.3, 0.4) is 0 Å². The third kappa shape index (κ3) is 5.06. The summed E-state index contributed by atoms with van der Waals surface area (Å²) in [4.78, 5) is 14.4. The summed E-state index contributed by atoms with van der Waals surface area (Å²) in [7, 11) is 0. The van der Waals surface area contributed by atoms with Crippen molar-refractivity contribution in [2.24, 2.45) is 0 Å². The lowest BCUT2D eigenvalue weighted by atomic mass is 10.1. The molecular formula is C19H24FN3O2. The Morgan fingerprint density at radius 1 is 1.16 bits per heavy atom. The van der Waals surface area contributed by atoms with Gasteiger partial charge in [0.2, 0.25) is 0 Å². The van der Waals surface area contributed by atoms with Crippen LogP contribution in [0.25, 0.3) is 0 Å². The van der Waals surface area contributed by atoms with Crippen LogP contribution in [0.5, 0.6) is 0 Å². The molecule has 1 atom stereocenters. The molecule has 1 saturated heterocycles. The molecule has 1 aromatic carbocycles. The summed E-state index contributed by atoms with van der Waals surface area (Å²) in [5.74, 6) is 0.633. The molecule has 134 valence electrons.